The Hall–Kier alpha value is -1.35. The molecular formula is C15H21NO2. The summed E-state index contributed by atoms with van der Waals surface area (Å²) in [7, 11) is 0. The lowest BCUT2D eigenvalue weighted by atomic mass is 9.87. The zero-order chi connectivity index (χ0) is 13.2. The third-order valence-corrected chi connectivity index (χ3v) is 3.67. The lowest BCUT2D eigenvalue weighted by Gasteiger charge is -2.47. The maximum Gasteiger partial charge on any atom is 0.230 e. The number of likely N-dealkylation sites (tertiary alicyclic amines) is 1. The number of nitrogens with zero attached hydrogens (tertiary/aromatic N) is 1. The highest BCUT2D eigenvalue weighted by Crippen LogP contribution is 2.29. The Morgan fingerprint density at radius 2 is 2.00 bits per heavy atom. The van der Waals surface area contributed by atoms with Crippen LogP contribution < -0.4 is 0 Å². The summed E-state index contributed by atoms with van der Waals surface area (Å²) < 4.78 is 0. The van der Waals surface area contributed by atoms with E-state index in [0.29, 0.717) is 13.1 Å². The van der Waals surface area contributed by atoms with Gasteiger partial charge in [0.15, 0.2) is 0 Å². The van der Waals surface area contributed by atoms with Crippen LogP contribution in [0, 0.1) is 0 Å². The number of hydrogen-bond acceptors (Lipinski definition) is 2. The van der Waals surface area contributed by atoms with Crippen molar-refractivity contribution in [3.8, 4) is 0 Å². The Morgan fingerprint density at radius 1 is 1.39 bits per heavy atom. The van der Waals surface area contributed by atoms with Crippen molar-refractivity contribution in [2.24, 2.45) is 0 Å². The monoisotopic (exact) mass is 247 g/mol. The fourth-order valence-electron chi connectivity index (χ4n) is 2.60. The average Bonchev–Trinajstić information content (AvgIpc) is 2.35. The van der Waals surface area contributed by atoms with Crippen molar-refractivity contribution in [1.82, 2.24) is 4.90 Å². The molecule has 0 radical (unpaired) electrons. The predicted octanol–water partition coefficient (Wildman–Crippen LogP) is 2.16. The van der Waals surface area contributed by atoms with Gasteiger partial charge in [0.1, 0.15) is 0 Å². The first-order valence-electron chi connectivity index (χ1n) is 6.62. The summed E-state index contributed by atoms with van der Waals surface area (Å²) in [5.41, 5.74) is 0.398. The molecular weight excluding hydrogens is 226 g/mol. The predicted molar refractivity (Wildman–Crippen MR) is 71.3 cm³/mol. The molecule has 1 saturated heterocycles. The van der Waals surface area contributed by atoms with Crippen molar-refractivity contribution in [3.05, 3.63) is 35.9 Å². The third kappa shape index (κ3) is 2.56. The molecule has 0 spiro atoms. The second-order valence-corrected chi connectivity index (χ2v) is 5.30. The lowest BCUT2D eigenvalue weighted by Crippen LogP contribution is -2.64. The van der Waals surface area contributed by atoms with Crippen molar-refractivity contribution in [2.75, 3.05) is 13.1 Å². The number of rotatable bonds is 4. The van der Waals surface area contributed by atoms with Gasteiger partial charge in [0.25, 0.3) is 0 Å². The number of amides is 1. The first kappa shape index (κ1) is 13.1. The molecule has 2 rings (SSSR count). The van der Waals surface area contributed by atoms with Crippen LogP contribution in [0.2, 0.25) is 0 Å². The van der Waals surface area contributed by atoms with Gasteiger partial charge >= 0.3 is 0 Å². The van der Waals surface area contributed by atoms with Crippen LogP contribution in [0.5, 0.6) is 0 Å². The van der Waals surface area contributed by atoms with Crippen LogP contribution in [0.25, 0.3) is 0 Å². The molecule has 1 atom stereocenters. The van der Waals surface area contributed by atoms with Crippen molar-refractivity contribution < 1.29 is 9.90 Å². The number of benzene rings is 1. The molecule has 1 unspecified atom stereocenters. The Bertz CT molecular complexity index is 410. The summed E-state index contributed by atoms with van der Waals surface area (Å²) in [6, 6.07) is 9.79. The number of aliphatic hydroxyl groups is 1. The van der Waals surface area contributed by atoms with Gasteiger partial charge in [-0.1, -0.05) is 43.7 Å². The zero-order valence-electron chi connectivity index (χ0n) is 11.1. The molecule has 98 valence electrons. The molecule has 1 aromatic carbocycles. The highest BCUT2D eigenvalue weighted by molar-refractivity contribution is 5.84. The van der Waals surface area contributed by atoms with E-state index < -0.39 is 5.60 Å². The van der Waals surface area contributed by atoms with Gasteiger partial charge in [-0.25, -0.2) is 0 Å². The molecule has 1 N–H and O–H groups in total. The first-order valence-corrected chi connectivity index (χ1v) is 6.62. The van der Waals surface area contributed by atoms with Gasteiger partial charge in [-0.05, 0) is 18.9 Å². The Balaban J connectivity index is 1.94. The first-order chi connectivity index (χ1) is 8.56. The Kier molecular flexibility index (Phi) is 3.71. The molecule has 3 heteroatoms. The lowest BCUT2D eigenvalue weighted by molar-refractivity contribution is -0.157. The van der Waals surface area contributed by atoms with E-state index in [0.717, 1.165) is 18.4 Å². The zero-order valence-corrected chi connectivity index (χ0v) is 11.1. The standard InChI is InChI=1S/C15H21NO2/c1-3-9-15(18)10-16(11-15)14(17)12(2)13-7-5-4-6-8-13/h4-8,12,18H,3,9-11H2,1-2H3. The topological polar surface area (TPSA) is 40.5 Å². The van der Waals surface area contributed by atoms with Gasteiger partial charge in [0, 0.05) is 0 Å². The second kappa shape index (κ2) is 5.11. The smallest absolute Gasteiger partial charge is 0.230 e. The van der Waals surface area contributed by atoms with Crippen LogP contribution in [-0.4, -0.2) is 34.6 Å². The highest BCUT2D eigenvalue weighted by Gasteiger charge is 2.43. The summed E-state index contributed by atoms with van der Waals surface area (Å²) in [6.07, 6.45) is 1.73. The van der Waals surface area contributed by atoms with Crippen molar-refractivity contribution in [1.29, 1.82) is 0 Å². The van der Waals surface area contributed by atoms with E-state index in [4.69, 9.17) is 0 Å². The van der Waals surface area contributed by atoms with Crippen molar-refractivity contribution in [2.45, 2.75) is 38.2 Å². The minimum atomic E-state index is -0.638. The number of carbonyl (C=O) groups is 1. The second-order valence-electron chi connectivity index (χ2n) is 5.30. The van der Waals surface area contributed by atoms with Crippen molar-refractivity contribution >= 4 is 5.91 Å². The largest absolute Gasteiger partial charge is 0.386 e. The molecule has 1 aromatic rings. The van der Waals surface area contributed by atoms with Gasteiger partial charge in [0.2, 0.25) is 5.91 Å². The molecule has 0 aliphatic carbocycles. The van der Waals surface area contributed by atoms with Gasteiger partial charge in [0.05, 0.1) is 24.6 Å². The fraction of sp³-hybridized carbons (Fsp3) is 0.533. The SMILES string of the molecule is CCCC1(O)CN(C(=O)C(C)c2ccccc2)C1. The van der Waals surface area contributed by atoms with Crippen LogP contribution >= 0.6 is 0 Å². The van der Waals surface area contributed by atoms with E-state index in [1.807, 2.05) is 37.3 Å². The van der Waals surface area contributed by atoms with E-state index >= 15 is 0 Å². The summed E-state index contributed by atoms with van der Waals surface area (Å²) in [4.78, 5) is 14.0. The molecule has 0 bridgehead atoms. The molecule has 1 aliphatic rings. The summed E-state index contributed by atoms with van der Waals surface area (Å²) >= 11 is 0. The van der Waals surface area contributed by atoms with Crippen molar-refractivity contribution in [3.63, 3.8) is 0 Å². The van der Waals surface area contributed by atoms with Crippen LogP contribution in [0.3, 0.4) is 0 Å². The quantitative estimate of drug-likeness (QED) is 0.885. The van der Waals surface area contributed by atoms with E-state index in [9.17, 15) is 9.90 Å². The molecule has 1 aliphatic heterocycles. The van der Waals surface area contributed by atoms with Gasteiger partial charge < -0.3 is 10.0 Å². The van der Waals surface area contributed by atoms with E-state index in [1.54, 1.807) is 4.90 Å². The molecule has 0 aromatic heterocycles. The maximum absolute atomic E-state index is 12.2. The molecule has 3 nitrogen and oxygen atoms in total. The molecule has 1 heterocycles. The summed E-state index contributed by atoms with van der Waals surface area (Å²) in [5.74, 6) is -0.0145. The van der Waals surface area contributed by atoms with E-state index in [1.165, 1.54) is 0 Å². The number of β-amino-alcohol motifs (C(OH)–C–C–N with tert-alkyl or cyclic N) is 1. The fourth-order valence-corrected chi connectivity index (χ4v) is 2.60. The normalized spacial score (nSPS) is 19.2. The molecule has 0 saturated carbocycles. The minimum Gasteiger partial charge on any atom is -0.386 e. The van der Waals surface area contributed by atoms with Crippen LogP contribution in [0.1, 0.15) is 38.2 Å². The summed E-state index contributed by atoms with van der Waals surface area (Å²) in [6.45, 7) is 4.94. The Morgan fingerprint density at radius 3 is 2.56 bits per heavy atom. The third-order valence-electron chi connectivity index (χ3n) is 3.67. The minimum absolute atomic E-state index is 0.113. The number of hydrogen-bond donors (Lipinski definition) is 1. The number of carbonyl (C=O) groups excluding carboxylic acids is 1. The van der Waals surface area contributed by atoms with Crippen LogP contribution in [0.4, 0.5) is 0 Å². The highest BCUT2D eigenvalue weighted by atomic mass is 16.3. The summed E-state index contributed by atoms with van der Waals surface area (Å²) in [5, 5.41) is 10.1. The molecule has 1 fully saturated rings. The Labute approximate surface area is 108 Å². The van der Waals surface area contributed by atoms with Gasteiger partial charge in [-0.2, -0.15) is 0 Å². The van der Waals surface area contributed by atoms with Crippen LogP contribution in [0.15, 0.2) is 30.3 Å². The van der Waals surface area contributed by atoms with E-state index in [-0.39, 0.29) is 11.8 Å². The van der Waals surface area contributed by atoms with Gasteiger partial charge in [-0.3, -0.25) is 4.79 Å². The molecule has 1 amide bonds. The van der Waals surface area contributed by atoms with E-state index in [2.05, 4.69) is 6.92 Å². The maximum atomic E-state index is 12.2. The molecule has 18 heavy (non-hydrogen) atoms. The van der Waals surface area contributed by atoms with Crippen LogP contribution in [-0.2, 0) is 4.79 Å². The average molecular weight is 247 g/mol. The van der Waals surface area contributed by atoms with Gasteiger partial charge in [-0.15, -0.1) is 0 Å².